The maximum atomic E-state index is 11.4. The van der Waals surface area contributed by atoms with Crippen LogP contribution in [0.15, 0.2) is 18.3 Å². The Labute approximate surface area is 111 Å². The van der Waals surface area contributed by atoms with E-state index in [0.717, 1.165) is 5.56 Å². The fraction of sp³-hybridized carbons (Fsp3) is 0.417. The first-order chi connectivity index (χ1) is 9.02. The molecule has 3 N–H and O–H groups in total. The highest BCUT2D eigenvalue weighted by atomic mass is 16.5. The Bertz CT molecular complexity index is 450. The second kappa shape index (κ2) is 7.20. The van der Waals surface area contributed by atoms with Gasteiger partial charge in [0.1, 0.15) is 0 Å². The number of aliphatic carboxylic acids is 1. The Morgan fingerprint density at radius 3 is 2.84 bits per heavy atom. The number of aromatic nitrogens is 1. The molecule has 1 aromatic heterocycles. The molecule has 0 aliphatic heterocycles. The van der Waals surface area contributed by atoms with Crippen LogP contribution in [0.1, 0.15) is 12.5 Å². The predicted molar refractivity (Wildman–Crippen MR) is 67.8 cm³/mol. The van der Waals surface area contributed by atoms with Gasteiger partial charge in [0.15, 0.2) is 0 Å². The summed E-state index contributed by atoms with van der Waals surface area (Å²) in [6.07, 6.45) is 1.58. The molecular weight excluding hydrogens is 250 g/mol. The second-order valence-corrected chi connectivity index (χ2v) is 4.01. The fourth-order valence-corrected chi connectivity index (χ4v) is 1.25. The van der Waals surface area contributed by atoms with Gasteiger partial charge in [0.25, 0.3) is 0 Å². The maximum Gasteiger partial charge on any atom is 0.315 e. The summed E-state index contributed by atoms with van der Waals surface area (Å²) in [7, 11) is 1.51. The van der Waals surface area contributed by atoms with E-state index < -0.39 is 17.9 Å². The van der Waals surface area contributed by atoms with Gasteiger partial charge in [-0.25, -0.2) is 9.78 Å². The van der Waals surface area contributed by atoms with Crippen molar-refractivity contribution in [2.75, 3.05) is 13.7 Å². The number of carboxylic acids is 1. The Hall–Kier alpha value is -2.31. The molecule has 0 saturated heterocycles. The molecule has 0 aliphatic carbocycles. The average Bonchev–Trinajstić information content (AvgIpc) is 2.42. The number of pyridine rings is 1. The summed E-state index contributed by atoms with van der Waals surface area (Å²) in [5, 5.41) is 13.8. The fourth-order valence-electron chi connectivity index (χ4n) is 1.25. The van der Waals surface area contributed by atoms with Gasteiger partial charge in [-0.15, -0.1) is 0 Å². The topological polar surface area (TPSA) is 101 Å². The van der Waals surface area contributed by atoms with E-state index in [9.17, 15) is 9.59 Å². The number of hydrogen-bond acceptors (Lipinski definition) is 4. The van der Waals surface area contributed by atoms with Crippen molar-refractivity contribution in [3.05, 3.63) is 23.9 Å². The van der Waals surface area contributed by atoms with Crippen molar-refractivity contribution in [1.82, 2.24) is 15.6 Å². The third kappa shape index (κ3) is 5.24. The van der Waals surface area contributed by atoms with Gasteiger partial charge in [0, 0.05) is 25.4 Å². The molecule has 0 bridgehead atoms. The Morgan fingerprint density at radius 2 is 2.21 bits per heavy atom. The van der Waals surface area contributed by atoms with Crippen LogP contribution in [-0.4, -0.2) is 35.7 Å². The molecule has 1 aromatic rings. The molecule has 7 heteroatoms. The summed E-state index contributed by atoms with van der Waals surface area (Å²) in [4.78, 5) is 26.0. The number of carbonyl (C=O) groups excluding carboxylic acids is 1. The van der Waals surface area contributed by atoms with Gasteiger partial charge < -0.3 is 20.5 Å². The quantitative estimate of drug-likeness (QED) is 0.701. The number of carbonyl (C=O) groups is 2. The van der Waals surface area contributed by atoms with E-state index in [-0.39, 0.29) is 6.54 Å². The zero-order valence-corrected chi connectivity index (χ0v) is 10.8. The van der Waals surface area contributed by atoms with E-state index in [1.54, 1.807) is 18.3 Å². The number of nitrogens with one attached hydrogen (secondary N) is 2. The minimum Gasteiger partial charge on any atom is -0.481 e. The molecule has 1 heterocycles. The van der Waals surface area contributed by atoms with Crippen molar-refractivity contribution in [3.63, 3.8) is 0 Å². The molecule has 1 rings (SSSR count). The monoisotopic (exact) mass is 267 g/mol. The van der Waals surface area contributed by atoms with Crippen LogP contribution in [-0.2, 0) is 11.3 Å². The molecule has 19 heavy (non-hydrogen) atoms. The van der Waals surface area contributed by atoms with E-state index in [4.69, 9.17) is 9.84 Å². The van der Waals surface area contributed by atoms with E-state index >= 15 is 0 Å². The molecule has 2 amide bonds. The highest BCUT2D eigenvalue weighted by molar-refractivity contribution is 5.75. The molecule has 0 fully saturated rings. The minimum atomic E-state index is -0.945. The van der Waals surface area contributed by atoms with Crippen LogP contribution >= 0.6 is 0 Å². The zero-order valence-electron chi connectivity index (χ0n) is 10.8. The van der Waals surface area contributed by atoms with Gasteiger partial charge in [-0.3, -0.25) is 4.79 Å². The first-order valence-corrected chi connectivity index (χ1v) is 5.76. The first-order valence-electron chi connectivity index (χ1n) is 5.76. The van der Waals surface area contributed by atoms with Crippen LogP contribution in [0, 0.1) is 5.92 Å². The zero-order chi connectivity index (χ0) is 14.3. The number of nitrogens with zero attached hydrogens (tertiary/aromatic N) is 1. The van der Waals surface area contributed by atoms with Crippen molar-refractivity contribution in [2.45, 2.75) is 13.5 Å². The molecule has 0 saturated carbocycles. The molecule has 1 atom stereocenters. The highest BCUT2D eigenvalue weighted by Gasteiger charge is 2.11. The number of carboxylic acid groups (broad SMARTS) is 1. The third-order valence-corrected chi connectivity index (χ3v) is 2.45. The predicted octanol–water partition coefficient (Wildman–Crippen LogP) is 0.610. The summed E-state index contributed by atoms with van der Waals surface area (Å²) in [6.45, 7) is 1.92. The first kappa shape index (κ1) is 14.7. The van der Waals surface area contributed by atoms with Crippen molar-refractivity contribution < 1.29 is 19.4 Å². The molecule has 104 valence electrons. The normalized spacial score (nSPS) is 11.5. The maximum absolute atomic E-state index is 11.4. The standard InChI is InChI=1S/C12H17N3O4/c1-8(11(16)17)6-14-12(18)15-7-9-3-4-13-10(5-9)19-2/h3-5,8H,6-7H2,1-2H3,(H,16,17)(H2,14,15,18). The van der Waals surface area contributed by atoms with Crippen molar-refractivity contribution in [2.24, 2.45) is 5.92 Å². The van der Waals surface area contributed by atoms with Gasteiger partial charge >= 0.3 is 12.0 Å². The number of ether oxygens (including phenoxy) is 1. The van der Waals surface area contributed by atoms with Gasteiger partial charge in [0.2, 0.25) is 5.88 Å². The van der Waals surface area contributed by atoms with E-state index in [1.807, 2.05) is 0 Å². The molecule has 1 unspecified atom stereocenters. The van der Waals surface area contributed by atoms with E-state index in [2.05, 4.69) is 15.6 Å². The summed E-state index contributed by atoms with van der Waals surface area (Å²) in [5.74, 6) is -1.09. The summed E-state index contributed by atoms with van der Waals surface area (Å²) in [5.41, 5.74) is 0.841. The third-order valence-electron chi connectivity index (χ3n) is 2.45. The number of amides is 2. The van der Waals surface area contributed by atoms with Crippen LogP contribution in [0.5, 0.6) is 5.88 Å². The van der Waals surface area contributed by atoms with Gasteiger partial charge in [-0.05, 0) is 11.6 Å². The molecule has 0 aliphatic rings. The minimum absolute atomic E-state index is 0.0842. The van der Waals surface area contributed by atoms with Crippen LogP contribution in [0.3, 0.4) is 0 Å². The number of methoxy groups -OCH3 is 1. The lowest BCUT2D eigenvalue weighted by molar-refractivity contribution is -0.140. The Balaban J connectivity index is 2.35. The SMILES string of the molecule is COc1cc(CNC(=O)NCC(C)C(=O)O)ccn1. The summed E-state index contributed by atoms with van der Waals surface area (Å²) < 4.78 is 4.96. The molecule has 0 aromatic carbocycles. The number of hydrogen-bond donors (Lipinski definition) is 3. The van der Waals surface area contributed by atoms with E-state index in [0.29, 0.717) is 12.4 Å². The highest BCUT2D eigenvalue weighted by Crippen LogP contribution is 2.07. The number of urea groups is 1. The van der Waals surface area contributed by atoms with Gasteiger partial charge in [0.05, 0.1) is 13.0 Å². The lowest BCUT2D eigenvalue weighted by atomic mass is 10.2. The summed E-state index contributed by atoms with van der Waals surface area (Å²) in [6, 6.07) is 3.05. The molecule has 0 radical (unpaired) electrons. The molecule has 0 spiro atoms. The van der Waals surface area contributed by atoms with Crippen molar-refractivity contribution >= 4 is 12.0 Å². The molecular formula is C12H17N3O4. The van der Waals surface area contributed by atoms with Gasteiger partial charge in [-0.1, -0.05) is 6.92 Å². The summed E-state index contributed by atoms with van der Waals surface area (Å²) >= 11 is 0. The molecule has 7 nitrogen and oxygen atoms in total. The average molecular weight is 267 g/mol. The Kier molecular flexibility index (Phi) is 5.59. The van der Waals surface area contributed by atoms with Crippen LogP contribution < -0.4 is 15.4 Å². The van der Waals surface area contributed by atoms with E-state index in [1.165, 1.54) is 14.0 Å². The van der Waals surface area contributed by atoms with Crippen LogP contribution in [0.25, 0.3) is 0 Å². The lowest BCUT2D eigenvalue weighted by Gasteiger charge is -2.10. The van der Waals surface area contributed by atoms with Crippen molar-refractivity contribution in [1.29, 1.82) is 0 Å². The smallest absolute Gasteiger partial charge is 0.315 e. The largest absolute Gasteiger partial charge is 0.481 e. The lowest BCUT2D eigenvalue weighted by Crippen LogP contribution is -2.38. The van der Waals surface area contributed by atoms with Crippen molar-refractivity contribution in [3.8, 4) is 5.88 Å². The van der Waals surface area contributed by atoms with Crippen LogP contribution in [0.2, 0.25) is 0 Å². The second-order valence-electron chi connectivity index (χ2n) is 4.01. The number of rotatable bonds is 6. The van der Waals surface area contributed by atoms with Crippen LogP contribution in [0.4, 0.5) is 4.79 Å². The van der Waals surface area contributed by atoms with Gasteiger partial charge in [-0.2, -0.15) is 0 Å². The Morgan fingerprint density at radius 1 is 1.47 bits per heavy atom.